The molecule has 0 atom stereocenters. The van der Waals surface area contributed by atoms with Crippen LogP contribution in [0.15, 0.2) is 6.07 Å². The quantitative estimate of drug-likeness (QED) is 0.240. The first-order valence-electron chi connectivity index (χ1n) is 7.20. The lowest BCUT2D eigenvalue weighted by atomic mass is 10.1. The van der Waals surface area contributed by atoms with Gasteiger partial charge in [0, 0.05) is 20.3 Å². The first-order valence-corrected chi connectivity index (χ1v) is 7.20. The molecule has 0 aliphatic rings. The smallest absolute Gasteiger partial charge is 0.345 e. The Morgan fingerprint density at radius 1 is 0.923 bits per heavy atom. The summed E-state index contributed by atoms with van der Waals surface area (Å²) in [5.74, 6) is -2.17. The lowest BCUT2D eigenvalue weighted by molar-refractivity contribution is -0.390. The van der Waals surface area contributed by atoms with E-state index in [0.717, 1.165) is 13.2 Å². The largest absolute Gasteiger partial charge is 0.482 e. The Hall–Kier alpha value is -2.99. The summed E-state index contributed by atoms with van der Waals surface area (Å²) >= 11 is 0. The van der Waals surface area contributed by atoms with E-state index in [1.807, 2.05) is 0 Å². The van der Waals surface area contributed by atoms with Crippen LogP contribution in [-0.2, 0) is 14.2 Å². The molecule has 0 bridgehead atoms. The highest BCUT2D eigenvalue weighted by Crippen LogP contribution is 2.46. The predicted octanol–water partition coefficient (Wildman–Crippen LogP) is 1.34. The van der Waals surface area contributed by atoms with E-state index >= 15 is 0 Å². The highest BCUT2D eigenvalue weighted by Gasteiger charge is 2.37. The molecule has 0 radical (unpaired) electrons. The molecule has 12 heteroatoms. The zero-order chi connectivity index (χ0) is 19.7. The highest BCUT2D eigenvalue weighted by molar-refractivity contribution is 5.97. The number of nitro groups is 2. The van der Waals surface area contributed by atoms with Crippen LogP contribution in [0.4, 0.5) is 11.4 Å². The topological polar surface area (TPSA) is 149 Å². The molecule has 0 heterocycles. The molecule has 0 saturated heterocycles. The van der Waals surface area contributed by atoms with Gasteiger partial charge < -0.3 is 23.7 Å². The zero-order valence-electron chi connectivity index (χ0n) is 14.4. The van der Waals surface area contributed by atoms with Crippen molar-refractivity contribution in [2.45, 2.75) is 0 Å². The molecule has 0 saturated carbocycles. The number of nitro benzene ring substituents is 2. The van der Waals surface area contributed by atoms with Gasteiger partial charge in [-0.3, -0.25) is 20.2 Å². The van der Waals surface area contributed by atoms with Crippen molar-refractivity contribution in [1.29, 1.82) is 0 Å². The molecule has 1 aromatic rings. The molecule has 0 spiro atoms. The number of benzene rings is 1. The van der Waals surface area contributed by atoms with Gasteiger partial charge in [0.15, 0.2) is 0 Å². The fourth-order valence-corrected chi connectivity index (χ4v) is 1.93. The maximum absolute atomic E-state index is 11.9. The lowest BCUT2D eigenvalue weighted by Crippen LogP contribution is -2.14. The standard InChI is InChI=1S/C14H18N2O10/c1-22-4-6-25-12-10(15(18)19)8-9(14(17)24-3)11(16(20)21)13(12)26-7-5-23-2/h8H,4-7H2,1-3H3. The maximum Gasteiger partial charge on any atom is 0.345 e. The minimum Gasteiger partial charge on any atom is -0.482 e. The Morgan fingerprint density at radius 3 is 1.88 bits per heavy atom. The Kier molecular flexibility index (Phi) is 8.18. The SMILES string of the molecule is COCCOc1c([N+](=O)[O-])cc(C(=O)OC)c([N+](=O)[O-])c1OCCOC. The van der Waals surface area contributed by atoms with Gasteiger partial charge in [-0.2, -0.15) is 0 Å². The number of hydrogen-bond acceptors (Lipinski definition) is 10. The van der Waals surface area contributed by atoms with Crippen LogP contribution in [0.25, 0.3) is 0 Å². The molecule has 12 nitrogen and oxygen atoms in total. The van der Waals surface area contributed by atoms with Gasteiger partial charge in [0.25, 0.3) is 0 Å². The van der Waals surface area contributed by atoms with Crippen molar-refractivity contribution < 1.29 is 38.3 Å². The summed E-state index contributed by atoms with van der Waals surface area (Å²) < 4.78 is 24.6. The van der Waals surface area contributed by atoms with E-state index in [-0.39, 0.29) is 26.4 Å². The third kappa shape index (κ3) is 5.00. The van der Waals surface area contributed by atoms with Gasteiger partial charge in [0.2, 0.25) is 11.5 Å². The Bertz CT molecular complexity index is 676. The van der Waals surface area contributed by atoms with Crippen molar-refractivity contribution in [3.8, 4) is 11.5 Å². The van der Waals surface area contributed by atoms with Gasteiger partial charge in [0.05, 0.1) is 30.2 Å². The number of rotatable bonds is 11. The summed E-state index contributed by atoms with van der Waals surface area (Å²) in [6.45, 7) is -0.182. The number of methoxy groups -OCH3 is 3. The second kappa shape index (κ2) is 10.1. The fraction of sp³-hybridized carbons (Fsp3) is 0.500. The van der Waals surface area contributed by atoms with E-state index in [9.17, 15) is 25.0 Å². The molecule has 26 heavy (non-hydrogen) atoms. The second-order valence-electron chi connectivity index (χ2n) is 4.64. The van der Waals surface area contributed by atoms with Crippen LogP contribution in [0.3, 0.4) is 0 Å². The van der Waals surface area contributed by atoms with E-state index in [0.29, 0.717) is 0 Å². The van der Waals surface area contributed by atoms with Crippen LogP contribution in [0.2, 0.25) is 0 Å². The summed E-state index contributed by atoms with van der Waals surface area (Å²) in [4.78, 5) is 33.0. The fourth-order valence-electron chi connectivity index (χ4n) is 1.93. The van der Waals surface area contributed by atoms with E-state index in [2.05, 4.69) is 4.74 Å². The van der Waals surface area contributed by atoms with Gasteiger partial charge in [-0.1, -0.05) is 0 Å². The molecular weight excluding hydrogens is 356 g/mol. The van der Waals surface area contributed by atoms with Crippen LogP contribution in [0, 0.1) is 20.2 Å². The summed E-state index contributed by atoms with van der Waals surface area (Å²) in [7, 11) is 3.75. The number of carbonyl (C=O) groups is 1. The van der Waals surface area contributed by atoms with Gasteiger partial charge >= 0.3 is 17.3 Å². The molecule has 0 unspecified atom stereocenters. The third-order valence-corrected chi connectivity index (χ3v) is 3.04. The number of esters is 1. The first kappa shape index (κ1) is 21.1. The Balaban J connectivity index is 3.64. The first-order chi connectivity index (χ1) is 12.4. The van der Waals surface area contributed by atoms with Crippen molar-refractivity contribution >= 4 is 17.3 Å². The molecule has 0 fully saturated rings. The Labute approximate surface area is 147 Å². The van der Waals surface area contributed by atoms with Crippen molar-refractivity contribution in [3.05, 3.63) is 31.9 Å². The van der Waals surface area contributed by atoms with Crippen LogP contribution in [-0.4, -0.2) is 63.6 Å². The summed E-state index contributed by atoms with van der Waals surface area (Å²) in [6.07, 6.45) is 0. The van der Waals surface area contributed by atoms with E-state index in [4.69, 9.17) is 18.9 Å². The van der Waals surface area contributed by atoms with Crippen molar-refractivity contribution in [3.63, 3.8) is 0 Å². The predicted molar refractivity (Wildman–Crippen MR) is 85.8 cm³/mol. The molecule has 144 valence electrons. The van der Waals surface area contributed by atoms with Crippen molar-refractivity contribution in [2.24, 2.45) is 0 Å². The van der Waals surface area contributed by atoms with Crippen molar-refractivity contribution in [1.82, 2.24) is 0 Å². The molecule has 0 aliphatic carbocycles. The summed E-state index contributed by atoms with van der Waals surface area (Å²) in [5, 5.41) is 22.9. The molecule has 1 rings (SSSR count). The molecule has 0 amide bonds. The summed E-state index contributed by atoms with van der Waals surface area (Å²) in [5.41, 5.74) is -2.11. The second-order valence-corrected chi connectivity index (χ2v) is 4.64. The van der Waals surface area contributed by atoms with E-state index < -0.39 is 44.3 Å². The van der Waals surface area contributed by atoms with Crippen LogP contribution in [0.1, 0.15) is 10.4 Å². The third-order valence-electron chi connectivity index (χ3n) is 3.04. The molecule has 0 aliphatic heterocycles. The minimum atomic E-state index is -1.13. The lowest BCUT2D eigenvalue weighted by Gasteiger charge is -2.14. The van der Waals surface area contributed by atoms with Crippen molar-refractivity contribution in [2.75, 3.05) is 47.8 Å². The molecule has 1 aromatic carbocycles. The van der Waals surface area contributed by atoms with Crippen LogP contribution >= 0.6 is 0 Å². The molecule has 0 N–H and O–H groups in total. The monoisotopic (exact) mass is 374 g/mol. The van der Waals surface area contributed by atoms with E-state index in [1.165, 1.54) is 14.2 Å². The molecular formula is C14H18N2O10. The minimum absolute atomic E-state index is 0.0465. The number of hydrogen-bond donors (Lipinski definition) is 0. The maximum atomic E-state index is 11.9. The number of carbonyl (C=O) groups excluding carboxylic acids is 1. The average Bonchev–Trinajstić information content (AvgIpc) is 2.61. The zero-order valence-corrected chi connectivity index (χ0v) is 14.4. The highest BCUT2D eigenvalue weighted by atomic mass is 16.6. The van der Waals surface area contributed by atoms with E-state index in [1.54, 1.807) is 0 Å². The van der Waals surface area contributed by atoms with Gasteiger partial charge in [-0.05, 0) is 0 Å². The van der Waals surface area contributed by atoms with Gasteiger partial charge in [-0.15, -0.1) is 0 Å². The summed E-state index contributed by atoms with van der Waals surface area (Å²) in [6, 6.07) is 0.718. The average molecular weight is 374 g/mol. The Morgan fingerprint density at radius 2 is 1.46 bits per heavy atom. The van der Waals surface area contributed by atoms with Crippen LogP contribution < -0.4 is 9.47 Å². The van der Waals surface area contributed by atoms with Crippen LogP contribution in [0.5, 0.6) is 11.5 Å². The van der Waals surface area contributed by atoms with Gasteiger partial charge in [-0.25, -0.2) is 4.79 Å². The number of nitrogens with zero attached hydrogens (tertiary/aromatic N) is 2. The number of ether oxygens (including phenoxy) is 5. The molecule has 0 aromatic heterocycles. The normalized spacial score (nSPS) is 10.3. The van der Waals surface area contributed by atoms with Gasteiger partial charge in [0.1, 0.15) is 18.8 Å².